The normalized spacial score (nSPS) is 15.0. The Hall–Kier alpha value is -0.820. The summed E-state index contributed by atoms with van der Waals surface area (Å²) in [6.07, 6.45) is 1.79. The van der Waals surface area contributed by atoms with Gasteiger partial charge in [-0.15, -0.1) is 0 Å². The van der Waals surface area contributed by atoms with Crippen molar-refractivity contribution in [3.8, 4) is 0 Å². The van der Waals surface area contributed by atoms with Crippen molar-refractivity contribution in [1.82, 2.24) is 15.1 Å². The van der Waals surface area contributed by atoms with Gasteiger partial charge in [-0.25, -0.2) is 0 Å². The summed E-state index contributed by atoms with van der Waals surface area (Å²) in [7, 11) is 0. The van der Waals surface area contributed by atoms with E-state index in [0.717, 1.165) is 22.5 Å². The molecule has 2 heterocycles. The van der Waals surface area contributed by atoms with Crippen molar-refractivity contribution in [2.24, 2.45) is 4.99 Å². The minimum atomic E-state index is -0.0943. The molecule has 0 fully saturated rings. The molecule has 0 radical (unpaired) electrons. The van der Waals surface area contributed by atoms with Crippen molar-refractivity contribution in [2.45, 2.75) is 13.5 Å². The van der Waals surface area contributed by atoms with Gasteiger partial charge in [0.15, 0.2) is 5.17 Å². The number of nitrogens with one attached hydrogen (secondary N) is 1. The minimum absolute atomic E-state index is 0.0943. The van der Waals surface area contributed by atoms with Gasteiger partial charge in [-0.2, -0.15) is 5.10 Å². The van der Waals surface area contributed by atoms with Crippen LogP contribution in [0, 0.1) is 6.92 Å². The summed E-state index contributed by atoms with van der Waals surface area (Å²) in [4.78, 5) is 15.8. The van der Waals surface area contributed by atoms with Crippen LogP contribution >= 0.6 is 27.7 Å². The second kappa shape index (κ2) is 5.01. The van der Waals surface area contributed by atoms with Crippen LogP contribution in [-0.4, -0.2) is 33.2 Å². The van der Waals surface area contributed by atoms with Gasteiger partial charge >= 0.3 is 0 Å². The Morgan fingerprint density at radius 2 is 2.56 bits per heavy atom. The molecule has 0 aliphatic carbocycles. The monoisotopic (exact) mass is 302 g/mol. The lowest BCUT2D eigenvalue weighted by Crippen LogP contribution is -2.31. The molecule has 1 aliphatic rings. The van der Waals surface area contributed by atoms with Gasteiger partial charge in [0, 0.05) is 11.9 Å². The number of carbonyl (C=O) groups excluding carboxylic acids is 1. The van der Waals surface area contributed by atoms with E-state index in [-0.39, 0.29) is 12.5 Å². The van der Waals surface area contributed by atoms with E-state index in [4.69, 9.17) is 0 Å². The topological polar surface area (TPSA) is 59.3 Å². The first kappa shape index (κ1) is 11.7. The Morgan fingerprint density at radius 3 is 3.12 bits per heavy atom. The van der Waals surface area contributed by atoms with E-state index in [2.05, 4.69) is 31.3 Å². The fraction of sp³-hybridized carbons (Fsp3) is 0.444. The first-order valence-corrected chi connectivity index (χ1v) is 6.59. The average molecular weight is 303 g/mol. The van der Waals surface area contributed by atoms with Crippen LogP contribution in [0.25, 0.3) is 0 Å². The molecule has 1 aromatic heterocycles. The van der Waals surface area contributed by atoms with Crippen molar-refractivity contribution < 1.29 is 4.79 Å². The van der Waals surface area contributed by atoms with E-state index in [1.165, 1.54) is 0 Å². The van der Waals surface area contributed by atoms with Gasteiger partial charge in [0.2, 0.25) is 5.91 Å². The van der Waals surface area contributed by atoms with Crippen LogP contribution < -0.4 is 5.32 Å². The third-order valence-electron chi connectivity index (χ3n) is 2.02. The summed E-state index contributed by atoms with van der Waals surface area (Å²) >= 11 is 4.92. The predicted octanol–water partition coefficient (Wildman–Crippen LogP) is 1.17. The summed E-state index contributed by atoms with van der Waals surface area (Å²) in [6, 6.07) is 0. The van der Waals surface area contributed by atoms with Crippen LogP contribution in [0.4, 0.5) is 0 Å². The summed E-state index contributed by atoms with van der Waals surface area (Å²) in [5, 5.41) is 7.66. The second-order valence-electron chi connectivity index (χ2n) is 3.34. The molecule has 0 atom stereocenters. The molecule has 0 saturated carbocycles. The number of rotatable bonds is 2. The zero-order chi connectivity index (χ0) is 11.5. The maximum absolute atomic E-state index is 11.6. The second-order valence-corrected chi connectivity index (χ2v) is 5.28. The van der Waals surface area contributed by atoms with Crippen LogP contribution in [0.3, 0.4) is 0 Å². The van der Waals surface area contributed by atoms with E-state index in [1.54, 1.807) is 22.6 Å². The summed E-state index contributed by atoms with van der Waals surface area (Å²) in [5.41, 5.74) is 0.875. The lowest BCUT2D eigenvalue weighted by atomic mass is 10.5. The van der Waals surface area contributed by atoms with Crippen molar-refractivity contribution >= 4 is 38.8 Å². The number of thioether (sulfide) groups is 1. The number of aromatic nitrogens is 2. The Morgan fingerprint density at radius 1 is 1.75 bits per heavy atom. The van der Waals surface area contributed by atoms with Gasteiger partial charge in [0.1, 0.15) is 6.54 Å². The summed E-state index contributed by atoms with van der Waals surface area (Å²) in [5.74, 6) is 0.852. The third-order valence-corrected chi connectivity index (χ3v) is 3.69. The SMILES string of the molecule is Cc1nn(CC(=O)NC2=NCCS2)cc1Br. The largest absolute Gasteiger partial charge is 0.304 e. The molecule has 7 heteroatoms. The van der Waals surface area contributed by atoms with Gasteiger partial charge in [0.05, 0.1) is 16.7 Å². The average Bonchev–Trinajstić information content (AvgIpc) is 2.78. The fourth-order valence-corrected chi connectivity index (χ4v) is 2.35. The molecule has 1 amide bonds. The number of amides is 1. The Balaban J connectivity index is 1.91. The first-order chi connectivity index (χ1) is 7.65. The lowest BCUT2D eigenvalue weighted by Gasteiger charge is -2.03. The van der Waals surface area contributed by atoms with Crippen molar-refractivity contribution in [3.05, 3.63) is 16.4 Å². The maximum Gasteiger partial charge on any atom is 0.247 e. The zero-order valence-electron chi connectivity index (χ0n) is 8.73. The number of nitrogens with zero attached hydrogens (tertiary/aromatic N) is 3. The molecule has 0 bridgehead atoms. The maximum atomic E-state index is 11.6. The highest BCUT2D eigenvalue weighted by Gasteiger charge is 2.12. The highest BCUT2D eigenvalue weighted by atomic mass is 79.9. The van der Waals surface area contributed by atoms with Crippen LogP contribution in [0.5, 0.6) is 0 Å². The van der Waals surface area contributed by atoms with E-state index in [9.17, 15) is 4.79 Å². The Bertz CT molecular complexity index is 423. The van der Waals surface area contributed by atoms with E-state index in [1.807, 2.05) is 6.92 Å². The van der Waals surface area contributed by atoms with Crippen LogP contribution in [0.15, 0.2) is 15.7 Å². The molecular weight excluding hydrogens is 292 g/mol. The minimum Gasteiger partial charge on any atom is -0.304 e. The molecular formula is C9H11BrN4OS. The smallest absolute Gasteiger partial charge is 0.247 e. The van der Waals surface area contributed by atoms with Crippen molar-refractivity contribution in [3.63, 3.8) is 0 Å². The highest BCUT2D eigenvalue weighted by Crippen LogP contribution is 2.13. The zero-order valence-corrected chi connectivity index (χ0v) is 11.1. The van der Waals surface area contributed by atoms with E-state index in [0.29, 0.717) is 5.17 Å². The van der Waals surface area contributed by atoms with Crippen LogP contribution in [0.2, 0.25) is 0 Å². The van der Waals surface area contributed by atoms with E-state index >= 15 is 0 Å². The first-order valence-electron chi connectivity index (χ1n) is 4.82. The van der Waals surface area contributed by atoms with Gasteiger partial charge in [0.25, 0.3) is 0 Å². The number of hydrogen-bond donors (Lipinski definition) is 1. The van der Waals surface area contributed by atoms with Crippen molar-refractivity contribution in [2.75, 3.05) is 12.3 Å². The molecule has 1 aliphatic heterocycles. The fourth-order valence-electron chi connectivity index (χ4n) is 1.29. The standard InChI is InChI=1S/C9H11BrN4OS/c1-6-7(10)4-14(13-6)5-8(15)12-9-11-2-3-16-9/h4H,2-3,5H2,1H3,(H,11,12,15). The Labute approximate surface area is 106 Å². The van der Waals surface area contributed by atoms with Crippen LogP contribution in [0.1, 0.15) is 5.69 Å². The molecule has 0 unspecified atom stereocenters. The predicted molar refractivity (Wildman–Crippen MR) is 67.6 cm³/mol. The molecule has 2 rings (SSSR count). The van der Waals surface area contributed by atoms with Crippen LogP contribution in [-0.2, 0) is 11.3 Å². The summed E-state index contributed by atoms with van der Waals surface area (Å²) < 4.78 is 2.52. The van der Waals surface area contributed by atoms with Crippen molar-refractivity contribution in [1.29, 1.82) is 0 Å². The number of aryl methyl sites for hydroxylation is 1. The van der Waals surface area contributed by atoms with E-state index < -0.39 is 0 Å². The molecule has 1 N–H and O–H groups in total. The van der Waals surface area contributed by atoms with Gasteiger partial charge < -0.3 is 5.32 Å². The van der Waals surface area contributed by atoms with Gasteiger partial charge in [-0.05, 0) is 22.9 Å². The molecule has 1 aromatic rings. The quantitative estimate of drug-likeness (QED) is 0.892. The van der Waals surface area contributed by atoms with Gasteiger partial charge in [-0.1, -0.05) is 11.8 Å². The number of amidine groups is 1. The third kappa shape index (κ3) is 2.85. The number of halogens is 1. The number of hydrogen-bond acceptors (Lipinski definition) is 4. The molecule has 0 saturated heterocycles. The molecule has 86 valence electrons. The number of aliphatic imine (C=N–C) groups is 1. The van der Waals surface area contributed by atoms with Gasteiger partial charge in [-0.3, -0.25) is 14.5 Å². The molecule has 5 nitrogen and oxygen atoms in total. The molecule has 16 heavy (non-hydrogen) atoms. The lowest BCUT2D eigenvalue weighted by molar-refractivity contribution is -0.120. The Kier molecular flexibility index (Phi) is 3.65. The highest BCUT2D eigenvalue weighted by molar-refractivity contribution is 9.10. The number of carbonyl (C=O) groups is 1. The molecule has 0 aromatic carbocycles. The molecule has 0 spiro atoms. The summed E-state index contributed by atoms with van der Waals surface area (Å²) in [6.45, 7) is 2.88.